The van der Waals surface area contributed by atoms with Gasteiger partial charge in [0.25, 0.3) is 10.0 Å². The molecule has 41 heavy (non-hydrogen) atoms. The highest BCUT2D eigenvalue weighted by Gasteiger charge is 2.34. The average molecular weight is 576 g/mol. The number of rotatable bonds is 11. The van der Waals surface area contributed by atoms with Crippen LogP contribution in [0.4, 0.5) is 5.69 Å². The van der Waals surface area contributed by atoms with Crippen LogP contribution in [-0.2, 0) is 26.2 Å². The van der Waals surface area contributed by atoms with Crippen molar-refractivity contribution in [1.29, 1.82) is 0 Å². The number of benzene rings is 3. The fraction of sp³-hybridized carbons (Fsp3) is 0.394. The Balaban J connectivity index is 1.72. The van der Waals surface area contributed by atoms with Crippen molar-refractivity contribution < 1.29 is 18.0 Å². The van der Waals surface area contributed by atoms with Crippen LogP contribution in [0.5, 0.6) is 0 Å². The molecule has 0 heterocycles. The SMILES string of the molecule is CCC(C(=O)NC1CCCC1)N(Cc1ccc(C)cc1)C(=O)CN(c1cc(C)cc(C)c1)S(=O)(=O)c1ccccc1. The second-order valence-electron chi connectivity index (χ2n) is 11.1. The number of nitrogens with zero attached hydrogens (tertiary/aromatic N) is 2. The number of carbonyl (C=O) groups is 2. The second kappa shape index (κ2) is 13.3. The lowest BCUT2D eigenvalue weighted by molar-refractivity contribution is -0.140. The summed E-state index contributed by atoms with van der Waals surface area (Å²) in [5, 5.41) is 3.15. The zero-order valence-electron chi connectivity index (χ0n) is 24.5. The molecule has 7 nitrogen and oxygen atoms in total. The first-order valence-electron chi connectivity index (χ1n) is 14.4. The van der Waals surface area contributed by atoms with Crippen molar-refractivity contribution in [2.24, 2.45) is 0 Å². The molecule has 0 spiro atoms. The molecule has 1 aliphatic rings. The molecule has 1 fully saturated rings. The molecule has 1 saturated carbocycles. The minimum Gasteiger partial charge on any atom is -0.352 e. The molecule has 1 N–H and O–H groups in total. The Hall–Kier alpha value is -3.65. The summed E-state index contributed by atoms with van der Waals surface area (Å²) < 4.78 is 29.2. The second-order valence-corrected chi connectivity index (χ2v) is 13.0. The third-order valence-corrected chi connectivity index (χ3v) is 9.45. The van der Waals surface area contributed by atoms with Gasteiger partial charge >= 0.3 is 0 Å². The number of aryl methyl sites for hydroxylation is 3. The lowest BCUT2D eigenvalue weighted by Gasteiger charge is -2.34. The predicted octanol–water partition coefficient (Wildman–Crippen LogP) is 5.67. The summed E-state index contributed by atoms with van der Waals surface area (Å²) in [6, 6.07) is 20.9. The van der Waals surface area contributed by atoms with Crippen LogP contribution in [0, 0.1) is 20.8 Å². The van der Waals surface area contributed by atoms with E-state index in [2.05, 4.69) is 5.32 Å². The molecule has 2 amide bonds. The van der Waals surface area contributed by atoms with Crippen LogP contribution in [0.3, 0.4) is 0 Å². The minimum absolute atomic E-state index is 0.100. The van der Waals surface area contributed by atoms with Crippen LogP contribution in [-0.4, -0.2) is 43.8 Å². The molecular formula is C33H41N3O4S. The van der Waals surface area contributed by atoms with E-state index in [0.717, 1.165) is 47.9 Å². The van der Waals surface area contributed by atoms with Gasteiger partial charge in [-0.3, -0.25) is 13.9 Å². The molecule has 1 unspecified atom stereocenters. The first-order valence-corrected chi connectivity index (χ1v) is 15.8. The van der Waals surface area contributed by atoms with Gasteiger partial charge in [0.05, 0.1) is 10.6 Å². The summed E-state index contributed by atoms with van der Waals surface area (Å²) in [7, 11) is -4.08. The lowest BCUT2D eigenvalue weighted by Crippen LogP contribution is -2.53. The van der Waals surface area contributed by atoms with Crippen molar-refractivity contribution in [2.75, 3.05) is 10.8 Å². The molecule has 8 heteroatoms. The van der Waals surface area contributed by atoms with E-state index in [-0.39, 0.29) is 23.4 Å². The summed E-state index contributed by atoms with van der Waals surface area (Å²) in [5.41, 5.74) is 4.16. The molecule has 1 aliphatic carbocycles. The number of hydrogen-bond acceptors (Lipinski definition) is 4. The molecule has 0 aromatic heterocycles. The first kappa shape index (κ1) is 30.3. The first-order chi connectivity index (χ1) is 19.6. The number of amides is 2. The number of carbonyl (C=O) groups excluding carboxylic acids is 2. The largest absolute Gasteiger partial charge is 0.352 e. The predicted molar refractivity (Wildman–Crippen MR) is 163 cm³/mol. The topological polar surface area (TPSA) is 86.8 Å². The standard InChI is InChI=1S/C33H41N3O4S/c1-5-31(33(38)34-28-11-9-10-12-28)35(22-27-17-15-24(2)16-18-27)32(37)23-36(29-20-25(3)19-26(4)21-29)41(39,40)30-13-7-6-8-14-30/h6-8,13-21,28,31H,5,9-12,22-23H2,1-4H3,(H,34,38). The molecule has 4 rings (SSSR count). The zero-order valence-corrected chi connectivity index (χ0v) is 25.3. The maximum Gasteiger partial charge on any atom is 0.264 e. The van der Waals surface area contributed by atoms with Crippen LogP contribution in [0.25, 0.3) is 0 Å². The van der Waals surface area contributed by atoms with Crippen molar-refractivity contribution >= 4 is 27.5 Å². The maximum atomic E-state index is 14.2. The van der Waals surface area contributed by atoms with Gasteiger partial charge in [0.1, 0.15) is 12.6 Å². The van der Waals surface area contributed by atoms with Crippen LogP contribution in [0.1, 0.15) is 61.3 Å². The Morgan fingerprint density at radius 2 is 1.49 bits per heavy atom. The molecular weight excluding hydrogens is 534 g/mol. The van der Waals surface area contributed by atoms with Crippen molar-refractivity contribution in [2.45, 2.75) is 83.3 Å². The van der Waals surface area contributed by atoms with Gasteiger partial charge in [0.2, 0.25) is 11.8 Å². The number of hydrogen-bond donors (Lipinski definition) is 1. The van der Waals surface area contributed by atoms with Crippen molar-refractivity contribution in [3.8, 4) is 0 Å². The van der Waals surface area contributed by atoms with E-state index in [9.17, 15) is 18.0 Å². The van der Waals surface area contributed by atoms with Gasteiger partial charge < -0.3 is 10.2 Å². The smallest absolute Gasteiger partial charge is 0.264 e. The van der Waals surface area contributed by atoms with Gasteiger partial charge in [-0.1, -0.05) is 73.9 Å². The van der Waals surface area contributed by atoms with E-state index >= 15 is 0 Å². The molecule has 0 radical (unpaired) electrons. The van der Waals surface area contributed by atoms with Gasteiger partial charge in [-0.15, -0.1) is 0 Å². The van der Waals surface area contributed by atoms with E-state index in [1.54, 1.807) is 35.2 Å². The number of sulfonamides is 1. The highest BCUT2D eigenvalue weighted by atomic mass is 32.2. The Bertz CT molecular complexity index is 1430. The van der Waals surface area contributed by atoms with Crippen molar-refractivity contribution in [3.63, 3.8) is 0 Å². The molecule has 0 bridgehead atoms. The number of nitrogens with one attached hydrogen (secondary N) is 1. The van der Waals surface area contributed by atoms with Gasteiger partial charge in [-0.25, -0.2) is 8.42 Å². The Morgan fingerprint density at radius 3 is 2.07 bits per heavy atom. The average Bonchev–Trinajstić information content (AvgIpc) is 3.45. The molecule has 3 aromatic carbocycles. The lowest BCUT2D eigenvalue weighted by atomic mass is 10.1. The van der Waals surface area contributed by atoms with Gasteiger partial charge in [0.15, 0.2) is 0 Å². The third-order valence-electron chi connectivity index (χ3n) is 7.67. The fourth-order valence-corrected chi connectivity index (χ4v) is 6.94. The van der Waals surface area contributed by atoms with Crippen molar-refractivity contribution in [3.05, 3.63) is 95.1 Å². The molecule has 3 aromatic rings. The fourth-order valence-electron chi connectivity index (χ4n) is 5.52. The van der Waals surface area contributed by atoms with E-state index < -0.39 is 28.5 Å². The normalized spacial score (nSPS) is 14.4. The molecule has 218 valence electrons. The molecule has 0 saturated heterocycles. The monoisotopic (exact) mass is 575 g/mol. The summed E-state index contributed by atoms with van der Waals surface area (Å²) in [6.07, 6.45) is 4.44. The number of anilines is 1. The van der Waals surface area contributed by atoms with Crippen LogP contribution >= 0.6 is 0 Å². The highest BCUT2D eigenvalue weighted by molar-refractivity contribution is 7.92. The van der Waals surface area contributed by atoms with E-state index in [4.69, 9.17) is 0 Å². The summed E-state index contributed by atoms with van der Waals surface area (Å²) in [5.74, 6) is -0.624. The van der Waals surface area contributed by atoms with Gasteiger partial charge in [-0.2, -0.15) is 0 Å². The summed E-state index contributed by atoms with van der Waals surface area (Å²) in [6.45, 7) is 7.44. The van der Waals surface area contributed by atoms with Crippen molar-refractivity contribution in [1.82, 2.24) is 10.2 Å². The summed E-state index contributed by atoms with van der Waals surface area (Å²) >= 11 is 0. The quantitative estimate of drug-likeness (QED) is 0.319. The maximum absolute atomic E-state index is 14.2. The van der Waals surface area contributed by atoms with E-state index in [1.807, 2.05) is 58.0 Å². The Labute approximate surface area is 244 Å². The molecule has 0 aliphatic heterocycles. The van der Waals surface area contributed by atoms with E-state index in [0.29, 0.717) is 12.1 Å². The Kier molecular flexibility index (Phi) is 9.86. The van der Waals surface area contributed by atoms with Crippen LogP contribution in [0.2, 0.25) is 0 Å². The minimum atomic E-state index is -4.08. The van der Waals surface area contributed by atoms with Crippen LogP contribution in [0.15, 0.2) is 77.7 Å². The zero-order chi connectivity index (χ0) is 29.6. The Morgan fingerprint density at radius 1 is 0.878 bits per heavy atom. The highest BCUT2D eigenvalue weighted by Crippen LogP contribution is 2.27. The summed E-state index contributed by atoms with van der Waals surface area (Å²) in [4.78, 5) is 29.4. The molecule has 1 atom stereocenters. The van der Waals surface area contributed by atoms with Gasteiger partial charge in [0, 0.05) is 12.6 Å². The van der Waals surface area contributed by atoms with Crippen LogP contribution < -0.4 is 9.62 Å². The third kappa shape index (κ3) is 7.55. The van der Waals surface area contributed by atoms with Gasteiger partial charge in [-0.05, 0) is 81.0 Å². The van der Waals surface area contributed by atoms with E-state index in [1.165, 1.54) is 16.4 Å².